The standard InChI is InChI=1S/C15H13ClF3NO/c16-12-5-7-13(8-6-12)20-9-14(21)10-1-3-11(4-2-10)15(17,18)19/h1-8,14,20-21H,9H2. The molecule has 1 atom stereocenters. The van der Waals surface area contributed by atoms with Crippen molar-refractivity contribution < 1.29 is 18.3 Å². The van der Waals surface area contributed by atoms with E-state index in [4.69, 9.17) is 11.6 Å². The normalized spacial score (nSPS) is 13.0. The summed E-state index contributed by atoms with van der Waals surface area (Å²) in [5.41, 5.74) is 0.457. The van der Waals surface area contributed by atoms with Gasteiger partial charge in [0, 0.05) is 17.3 Å². The predicted molar refractivity (Wildman–Crippen MR) is 76.3 cm³/mol. The number of alkyl halides is 3. The monoisotopic (exact) mass is 315 g/mol. The van der Waals surface area contributed by atoms with Crippen LogP contribution in [0, 0.1) is 0 Å². The minimum Gasteiger partial charge on any atom is -0.387 e. The number of aliphatic hydroxyl groups excluding tert-OH is 1. The highest BCUT2D eigenvalue weighted by Crippen LogP contribution is 2.30. The molecule has 21 heavy (non-hydrogen) atoms. The molecule has 0 aliphatic heterocycles. The molecule has 0 amide bonds. The van der Waals surface area contributed by atoms with E-state index < -0.39 is 17.8 Å². The van der Waals surface area contributed by atoms with Crippen LogP contribution in [0.4, 0.5) is 18.9 Å². The van der Waals surface area contributed by atoms with Crippen molar-refractivity contribution in [2.75, 3.05) is 11.9 Å². The van der Waals surface area contributed by atoms with Crippen molar-refractivity contribution in [1.82, 2.24) is 0 Å². The van der Waals surface area contributed by atoms with Crippen LogP contribution in [0.15, 0.2) is 48.5 Å². The molecule has 2 N–H and O–H groups in total. The second kappa shape index (κ2) is 6.37. The average molecular weight is 316 g/mol. The van der Waals surface area contributed by atoms with Gasteiger partial charge in [-0.05, 0) is 42.0 Å². The van der Waals surface area contributed by atoms with Gasteiger partial charge in [0.2, 0.25) is 0 Å². The van der Waals surface area contributed by atoms with Gasteiger partial charge in [0.15, 0.2) is 0 Å². The molecule has 0 aliphatic carbocycles. The van der Waals surface area contributed by atoms with E-state index in [1.807, 2.05) is 0 Å². The number of aliphatic hydroxyl groups is 1. The molecule has 2 aromatic carbocycles. The van der Waals surface area contributed by atoms with E-state index in [0.717, 1.165) is 17.8 Å². The van der Waals surface area contributed by atoms with E-state index in [2.05, 4.69) is 5.32 Å². The van der Waals surface area contributed by atoms with Gasteiger partial charge in [-0.3, -0.25) is 0 Å². The predicted octanol–water partition coefficient (Wildman–Crippen LogP) is 4.50. The Hall–Kier alpha value is -1.72. The number of hydrogen-bond donors (Lipinski definition) is 2. The minimum atomic E-state index is -4.37. The van der Waals surface area contributed by atoms with Gasteiger partial charge in [-0.25, -0.2) is 0 Å². The van der Waals surface area contributed by atoms with Crippen LogP contribution in [0.5, 0.6) is 0 Å². The Morgan fingerprint density at radius 2 is 1.57 bits per heavy atom. The summed E-state index contributed by atoms with van der Waals surface area (Å²) in [5, 5.41) is 13.5. The number of halogens is 4. The van der Waals surface area contributed by atoms with Gasteiger partial charge in [-0.1, -0.05) is 23.7 Å². The van der Waals surface area contributed by atoms with Crippen molar-refractivity contribution >= 4 is 17.3 Å². The highest BCUT2D eigenvalue weighted by molar-refractivity contribution is 6.30. The van der Waals surface area contributed by atoms with E-state index in [9.17, 15) is 18.3 Å². The second-order valence-corrected chi connectivity index (χ2v) is 4.96. The molecule has 0 heterocycles. The van der Waals surface area contributed by atoms with E-state index in [1.165, 1.54) is 12.1 Å². The summed E-state index contributed by atoms with van der Waals surface area (Å²) in [6.45, 7) is 0.187. The highest BCUT2D eigenvalue weighted by Gasteiger charge is 2.30. The summed E-state index contributed by atoms with van der Waals surface area (Å²) in [6, 6.07) is 11.4. The molecule has 0 spiro atoms. The van der Waals surface area contributed by atoms with Gasteiger partial charge >= 0.3 is 6.18 Å². The maximum Gasteiger partial charge on any atom is 0.416 e. The largest absolute Gasteiger partial charge is 0.416 e. The Balaban J connectivity index is 1.97. The zero-order chi connectivity index (χ0) is 15.5. The molecule has 0 aliphatic rings. The topological polar surface area (TPSA) is 32.3 Å². The van der Waals surface area contributed by atoms with E-state index in [-0.39, 0.29) is 6.54 Å². The number of anilines is 1. The number of rotatable bonds is 4. The Morgan fingerprint density at radius 1 is 1.00 bits per heavy atom. The lowest BCUT2D eigenvalue weighted by Gasteiger charge is -2.14. The molecule has 0 bridgehead atoms. The van der Waals surface area contributed by atoms with E-state index in [0.29, 0.717) is 10.6 Å². The Labute approximate surface area is 125 Å². The zero-order valence-electron chi connectivity index (χ0n) is 10.9. The van der Waals surface area contributed by atoms with Crippen molar-refractivity contribution in [2.24, 2.45) is 0 Å². The number of hydrogen-bond acceptors (Lipinski definition) is 2. The molecule has 6 heteroatoms. The van der Waals surface area contributed by atoms with Crippen LogP contribution in [-0.4, -0.2) is 11.7 Å². The molecule has 2 aromatic rings. The van der Waals surface area contributed by atoms with Crippen molar-refractivity contribution in [3.63, 3.8) is 0 Å². The molecule has 0 radical (unpaired) electrons. The lowest BCUT2D eigenvalue weighted by atomic mass is 10.1. The molecule has 1 unspecified atom stereocenters. The quantitative estimate of drug-likeness (QED) is 0.870. The maximum atomic E-state index is 12.4. The maximum absolute atomic E-state index is 12.4. The Morgan fingerprint density at radius 3 is 2.10 bits per heavy atom. The molecular weight excluding hydrogens is 303 g/mol. The van der Waals surface area contributed by atoms with Gasteiger partial charge in [-0.2, -0.15) is 13.2 Å². The first kappa shape index (κ1) is 15.7. The molecule has 0 fully saturated rings. The first-order valence-electron chi connectivity index (χ1n) is 6.21. The van der Waals surface area contributed by atoms with Crippen molar-refractivity contribution in [3.8, 4) is 0 Å². The Kier molecular flexibility index (Phi) is 4.75. The third-order valence-corrected chi connectivity index (χ3v) is 3.22. The summed E-state index contributed by atoms with van der Waals surface area (Å²) in [7, 11) is 0. The lowest BCUT2D eigenvalue weighted by Crippen LogP contribution is -2.12. The molecule has 2 rings (SSSR count). The van der Waals surface area contributed by atoms with Crippen LogP contribution in [-0.2, 0) is 6.18 Å². The third kappa shape index (κ3) is 4.37. The third-order valence-electron chi connectivity index (χ3n) is 2.97. The van der Waals surface area contributed by atoms with Gasteiger partial charge in [0.25, 0.3) is 0 Å². The van der Waals surface area contributed by atoms with Gasteiger partial charge in [0.1, 0.15) is 0 Å². The van der Waals surface area contributed by atoms with Crippen LogP contribution < -0.4 is 5.32 Å². The fourth-order valence-electron chi connectivity index (χ4n) is 1.79. The molecule has 112 valence electrons. The summed E-state index contributed by atoms with van der Waals surface area (Å²) in [6.07, 6.45) is -5.27. The molecule has 2 nitrogen and oxygen atoms in total. The number of benzene rings is 2. The van der Waals surface area contributed by atoms with Gasteiger partial charge in [0.05, 0.1) is 11.7 Å². The number of nitrogens with one attached hydrogen (secondary N) is 1. The lowest BCUT2D eigenvalue weighted by molar-refractivity contribution is -0.137. The van der Waals surface area contributed by atoms with Crippen LogP contribution in [0.2, 0.25) is 5.02 Å². The van der Waals surface area contributed by atoms with E-state index >= 15 is 0 Å². The summed E-state index contributed by atoms with van der Waals surface area (Å²) < 4.78 is 37.3. The first-order chi connectivity index (χ1) is 9.86. The molecular formula is C15H13ClF3NO. The van der Waals surface area contributed by atoms with Crippen LogP contribution in [0.1, 0.15) is 17.2 Å². The smallest absolute Gasteiger partial charge is 0.387 e. The van der Waals surface area contributed by atoms with Crippen molar-refractivity contribution in [2.45, 2.75) is 12.3 Å². The molecule has 0 saturated heterocycles. The SMILES string of the molecule is OC(CNc1ccc(Cl)cc1)c1ccc(C(F)(F)F)cc1. The minimum absolute atomic E-state index is 0.187. The van der Waals surface area contributed by atoms with Crippen molar-refractivity contribution in [1.29, 1.82) is 0 Å². The summed E-state index contributed by atoms with van der Waals surface area (Å²) >= 11 is 5.75. The van der Waals surface area contributed by atoms with E-state index in [1.54, 1.807) is 24.3 Å². The van der Waals surface area contributed by atoms with Crippen LogP contribution in [0.25, 0.3) is 0 Å². The first-order valence-corrected chi connectivity index (χ1v) is 6.59. The summed E-state index contributed by atoms with van der Waals surface area (Å²) in [4.78, 5) is 0. The highest BCUT2D eigenvalue weighted by atomic mass is 35.5. The molecule has 0 aromatic heterocycles. The zero-order valence-corrected chi connectivity index (χ0v) is 11.6. The fourth-order valence-corrected chi connectivity index (χ4v) is 1.92. The van der Waals surface area contributed by atoms with Gasteiger partial charge in [-0.15, -0.1) is 0 Å². The molecule has 0 saturated carbocycles. The van der Waals surface area contributed by atoms with Crippen LogP contribution in [0.3, 0.4) is 0 Å². The van der Waals surface area contributed by atoms with Crippen molar-refractivity contribution in [3.05, 3.63) is 64.7 Å². The fraction of sp³-hybridized carbons (Fsp3) is 0.200. The average Bonchev–Trinajstić information content (AvgIpc) is 2.45. The Bertz CT molecular complexity index is 581. The van der Waals surface area contributed by atoms with Gasteiger partial charge < -0.3 is 10.4 Å². The summed E-state index contributed by atoms with van der Waals surface area (Å²) in [5.74, 6) is 0. The second-order valence-electron chi connectivity index (χ2n) is 4.52. The van der Waals surface area contributed by atoms with Crippen LogP contribution >= 0.6 is 11.6 Å².